The number of carbonyl (C=O) groups excluding carboxylic acids is 2. The van der Waals surface area contributed by atoms with Gasteiger partial charge in [-0.2, -0.15) is 5.10 Å². The van der Waals surface area contributed by atoms with Crippen LogP contribution >= 0.6 is 15.9 Å². The van der Waals surface area contributed by atoms with Crippen LogP contribution in [0.2, 0.25) is 0 Å². The van der Waals surface area contributed by atoms with E-state index in [-0.39, 0.29) is 6.04 Å². The smallest absolute Gasteiger partial charge is 0.329 e. The molecule has 0 radical (unpaired) electrons. The first-order valence-electron chi connectivity index (χ1n) is 5.39. The Labute approximate surface area is 114 Å². The van der Waals surface area contributed by atoms with Crippen LogP contribution in [0.3, 0.4) is 0 Å². The minimum atomic E-state index is -0.785. The molecule has 1 rings (SSSR count). The fraction of sp³-hybridized carbons (Fsp3) is 0.250. The van der Waals surface area contributed by atoms with E-state index in [4.69, 9.17) is 0 Å². The second-order valence-electron chi connectivity index (χ2n) is 3.85. The Morgan fingerprint density at radius 2 is 1.94 bits per heavy atom. The summed E-state index contributed by atoms with van der Waals surface area (Å²) in [5.41, 5.74) is 2.97. The average molecular weight is 312 g/mol. The highest BCUT2D eigenvalue weighted by atomic mass is 79.9. The Hall–Kier alpha value is -1.69. The normalized spacial score (nSPS) is 10.7. The molecule has 2 N–H and O–H groups in total. The summed E-state index contributed by atoms with van der Waals surface area (Å²) < 4.78 is 0.856. The Balaban J connectivity index is 2.53. The van der Waals surface area contributed by atoms with Crippen molar-refractivity contribution in [1.82, 2.24) is 10.7 Å². The first kappa shape index (κ1) is 14.4. The van der Waals surface area contributed by atoms with Gasteiger partial charge in [-0.1, -0.05) is 34.1 Å². The molecular formula is C12H14BrN3O2. The van der Waals surface area contributed by atoms with Crippen molar-refractivity contribution in [3.63, 3.8) is 0 Å². The van der Waals surface area contributed by atoms with Gasteiger partial charge in [0.2, 0.25) is 0 Å². The molecule has 0 aliphatic carbocycles. The summed E-state index contributed by atoms with van der Waals surface area (Å²) in [7, 11) is 0. The molecule has 0 spiro atoms. The molecule has 0 atom stereocenters. The van der Waals surface area contributed by atoms with Crippen LogP contribution in [0.5, 0.6) is 0 Å². The minimum absolute atomic E-state index is 0.0875. The lowest BCUT2D eigenvalue weighted by atomic mass is 10.2. The number of rotatable bonds is 3. The molecule has 0 saturated heterocycles. The van der Waals surface area contributed by atoms with Gasteiger partial charge in [-0.25, -0.2) is 5.43 Å². The average Bonchev–Trinajstić information content (AvgIpc) is 2.30. The van der Waals surface area contributed by atoms with Crippen LogP contribution in [0.1, 0.15) is 19.4 Å². The number of halogens is 1. The van der Waals surface area contributed by atoms with Gasteiger partial charge in [0.15, 0.2) is 0 Å². The van der Waals surface area contributed by atoms with E-state index in [2.05, 4.69) is 31.8 Å². The van der Waals surface area contributed by atoms with Gasteiger partial charge in [-0.05, 0) is 19.9 Å². The minimum Gasteiger partial charge on any atom is -0.346 e. The summed E-state index contributed by atoms with van der Waals surface area (Å²) in [6, 6.07) is 7.31. The van der Waals surface area contributed by atoms with E-state index in [9.17, 15) is 9.59 Å². The van der Waals surface area contributed by atoms with Gasteiger partial charge in [0.1, 0.15) is 0 Å². The second-order valence-corrected chi connectivity index (χ2v) is 4.70. The molecule has 0 fully saturated rings. The zero-order valence-electron chi connectivity index (χ0n) is 10.1. The van der Waals surface area contributed by atoms with Crippen molar-refractivity contribution in [2.24, 2.45) is 5.10 Å². The van der Waals surface area contributed by atoms with Crippen molar-refractivity contribution < 1.29 is 9.59 Å². The van der Waals surface area contributed by atoms with E-state index < -0.39 is 11.8 Å². The number of nitrogens with zero attached hydrogens (tertiary/aromatic N) is 1. The zero-order chi connectivity index (χ0) is 13.5. The molecule has 0 unspecified atom stereocenters. The molecule has 2 amide bonds. The fourth-order valence-electron chi connectivity index (χ4n) is 1.12. The molecule has 0 bridgehead atoms. The monoisotopic (exact) mass is 311 g/mol. The number of hydrazone groups is 1. The van der Waals surface area contributed by atoms with E-state index in [0.717, 1.165) is 10.0 Å². The quantitative estimate of drug-likeness (QED) is 0.503. The number of hydrogen-bond acceptors (Lipinski definition) is 3. The molecule has 6 heteroatoms. The number of hydrogen-bond donors (Lipinski definition) is 2. The predicted molar refractivity (Wildman–Crippen MR) is 73.2 cm³/mol. The number of amides is 2. The Morgan fingerprint density at radius 3 is 2.56 bits per heavy atom. The highest BCUT2D eigenvalue weighted by Crippen LogP contribution is 2.13. The zero-order valence-corrected chi connectivity index (χ0v) is 11.7. The van der Waals surface area contributed by atoms with E-state index in [0.29, 0.717) is 0 Å². The Bertz CT molecular complexity index is 472. The van der Waals surface area contributed by atoms with E-state index in [1.165, 1.54) is 6.21 Å². The topological polar surface area (TPSA) is 70.6 Å². The van der Waals surface area contributed by atoms with E-state index >= 15 is 0 Å². The lowest BCUT2D eigenvalue weighted by molar-refractivity contribution is -0.139. The molecule has 96 valence electrons. The first-order valence-corrected chi connectivity index (χ1v) is 6.18. The molecule has 0 saturated carbocycles. The molecule has 0 aliphatic rings. The maximum absolute atomic E-state index is 11.3. The van der Waals surface area contributed by atoms with Gasteiger partial charge < -0.3 is 5.32 Å². The van der Waals surface area contributed by atoms with Crippen molar-refractivity contribution >= 4 is 34.0 Å². The maximum Gasteiger partial charge on any atom is 0.329 e. The highest BCUT2D eigenvalue weighted by Gasteiger charge is 2.12. The third-order valence-electron chi connectivity index (χ3n) is 1.90. The third-order valence-corrected chi connectivity index (χ3v) is 2.62. The van der Waals surface area contributed by atoms with Crippen LogP contribution in [0.4, 0.5) is 0 Å². The largest absolute Gasteiger partial charge is 0.346 e. The molecule has 0 aromatic heterocycles. The SMILES string of the molecule is CC(C)NC(=O)C(=O)N/N=C\c1ccccc1Br. The van der Waals surface area contributed by atoms with E-state index in [1.54, 1.807) is 13.8 Å². The first-order chi connectivity index (χ1) is 8.50. The van der Waals surface area contributed by atoms with Crippen molar-refractivity contribution in [2.75, 3.05) is 0 Å². The summed E-state index contributed by atoms with van der Waals surface area (Å²) in [6.07, 6.45) is 1.46. The summed E-state index contributed by atoms with van der Waals surface area (Å²) in [5, 5.41) is 6.18. The van der Waals surface area contributed by atoms with Gasteiger partial charge >= 0.3 is 11.8 Å². The van der Waals surface area contributed by atoms with Crippen molar-refractivity contribution in [2.45, 2.75) is 19.9 Å². The molecule has 0 heterocycles. The number of carbonyl (C=O) groups is 2. The molecule has 5 nitrogen and oxygen atoms in total. The predicted octanol–water partition coefficient (Wildman–Crippen LogP) is 1.42. The van der Waals surface area contributed by atoms with Gasteiger partial charge in [-0.15, -0.1) is 0 Å². The molecule has 0 aliphatic heterocycles. The van der Waals surface area contributed by atoms with Gasteiger partial charge in [0.05, 0.1) is 6.21 Å². The third kappa shape index (κ3) is 4.67. The summed E-state index contributed by atoms with van der Waals surface area (Å²) in [5.74, 6) is -1.48. The van der Waals surface area contributed by atoms with Crippen LogP contribution < -0.4 is 10.7 Å². The van der Waals surface area contributed by atoms with Crippen molar-refractivity contribution in [3.05, 3.63) is 34.3 Å². The van der Waals surface area contributed by atoms with Gasteiger partial charge in [0, 0.05) is 16.1 Å². The Morgan fingerprint density at radius 1 is 1.28 bits per heavy atom. The van der Waals surface area contributed by atoms with Gasteiger partial charge in [-0.3, -0.25) is 9.59 Å². The molecule has 18 heavy (non-hydrogen) atoms. The lowest BCUT2D eigenvalue weighted by Gasteiger charge is -2.06. The summed E-state index contributed by atoms with van der Waals surface area (Å²) in [4.78, 5) is 22.6. The highest BCUT2D eigenvalue weighted by molar-refractivity contribution is 9.10. The van der Waals surface area contributed by atoms with Crippen LogP contribution in [0.15, 0.2) is 33.8 Å². The lowest BCUT2D eigenvalue weighted by Crippen LogP contribution is -2.41. The molecule has 1 aromatic rings. The van der Waals surface area contributed by atoms with Gasteiger partial charge in [0.25, 0.3) is 0 Å². The summed E-state index contributed by atoms with van der Waals surface area (Å²) >= 11 is 3.34. The fourth-order valence-corrected chi connectivity index (χ4v) is 1.51. The number of benzene rings is 1. The molecule has 1 aromatic carbocycles. The number of nitrogens with one attached hydrogen (secondary N) is 2. The van der Waals surface area contributed by atoms with Crippen molar-refractivity contribution in [1.29, 1.82) is 0 Å². The van der Waals surface area contributed by atoms with E-state index in [1.807, 2.05) is 24.3 Å². The maximum atomic E-state index is 11.3. The van der Waals surface area contributed by atoms with Crippen molar-refractivity contribution in [3.8, 4) is 0 Å². The summed E-state index contributed by atoms with van der Waals surface area (Å²) in [6.45, 7) is 3.55. The van der Waals surface area contributed by atoms with Crippen LogP contribution in [0.25, 0.3) is 0 Å². The van der Waals surface area contributed by atoms with Crippen LogP contribution in [-0.4, -0.2) is 24.1 Å². The second kappa shape index (κ2) is 6.90. The van der Waals surface area contributed by atoms with Crippen LogP contribution in [-0.2, 0) is 9.59 Å². The standard InChI is InChI=1S/C12H14BrN3O2/c1-8(2)15-11(17)12(18)16-14-7-9-5-3-4-6-10(9)13/h3-8H,1-2H3,(H,15,17)(H,16,18)/b14-7-. The Kier molecular flexibility index (Phi) is 5.51. The molecular weight excluding hydrogens is 298 g/mol. The van der Waals surface area contributed by atoms with Crippen LogP contribution in [0, 0.1) is 0 Å².